The lowest BCUT2D eigenvalue weighted by molar-refractivity contribution is -0.135. The van der Waals surface area contributed by atoms with Gasteiger partial charge in [0.1, 0.15) is 5.25 Å². The molecule has 7 heavy (non-hydrogen) atoms. The smallest absolute Gasteiger partial charge is 0.320 e. The number of thiol groups is 1. The molecule has 0 bridgehead atoms. The summed E-state index contributed by atoms with van der Waals surface area (Å²) in [7, 11) is 0. The minimum absolute atomic E-state index is 0.722. The van der Waals surface area contributed by atoms with Gasteiger partial charge in [-0.2, -0.15) is 12.6 Å². The summed E-state index contributed by atoms with van der Waals surface area (Å²) >= 11 is 3.61. The first-order valence-electron chi connectivity index (χ1n) is 1.72. The van der Waals surface area contributed by atoms with Crippen molar-refractivity contribution in [3.05, 3.63) is 12.7 Å². The van der Waals surface area contributed by atoms with Crippen LogP contribution in [0.2, 0.25) is 0 Å². The lowest BCUT2D eigenvalue weighted by Crippen LogP contribution is -2.08. The normalized spacial score (nSPS) is 12.7. The second-order valence-electron chi connectivity index (χ2n) is 1.02. The van der Waals surface area contributed by atoms with Crippen LogP contribution in [0.15, 0.2) is 12.7 Å². The number of carbonyl (C=O) groups is 1. The molecule has 0 radical (unpaired) electrons. The van der Waals surface area contributed by atoms with E-state index in [1.54, 1.807) is 0 Å². The molecule has 0 aliphatic rings. The maximum absolute atomic E-state index is 9.78. The van der Waals surface area contributed by atoms with Crippen LogP contribution in [0.4, 0.5) is 0 Å². The standard InChI is InChI=1S/C4H6O2S/c1-2-3(7)4(5)6/h2-3,7H,1H2,(H,5,6). The zero-order valence-corrected chi connectivity index (χ0v) is 4.56. The molecule has 0 saturated carbocycles. The van der Waals surface area contributed by atoms with Crippen molar-refractivity contribution in [3.8, 4) is 0 Å². The van der Waals surface area contributed by atoms with Crippen molar-refractivity contribution in [2.24, 2.45) is 0 Å². The SMILES string of the molecule is C=CC(S)C(=O)O. The highest BCUT2D eigenvalue weighted by Crippen LogP contribution is 1.92. The Balaban J connectivity index is 3.55. The molecule has 40 valence electrons. The Kier molecular flexibility index (Phi) is 2.52. The van der Waals surface area contributed by atoms with E-state index in [0.29, 0.717) is 0 Å². The van der Waals surface area contributed by atoms with Crippen molar-refractivity contribution in [1.82, 2.24) is 0 Å². The van der Waals surface area contributed by atoms with Gasteiger partial charge < -0.3 is 5.11 Å². The van der Waals surface area contributed by atoms with Gasteiger partial charge in [0.2, 0.25) is 0 Å². The highest BCUT2D eigenvalue weighted by Gasteiger charge is 2.03. The summed E-state index contributed by atoms with van der Waals surface area (Å²) in [4.78, 5) is 9.78. The van der Waals surface area contributed by atoms with Crippen LogP contribution in [0.3, 0.4) is 0 Å². The van der Waals surface area contributed by atoms with Gasteiger partial charge in [0.25, 0.3) is 0 Å². The molecular formula is C4H6O2S. The average molecular weight is 118 g/mol. The van der Waals surface area contributed by atoms with Crippen LogP contribution in [0.1, 0.15) is 0 Å². The third kappa shape index (κ3) is 2.28. The van der Waals surface area contributed by atoms with Gasteiger partial charge in [-0.15, -0.1) is 6.58 Å². The number of carboxylic acids is 1. The fourth-order valence-corrected chi connectivity index (χ4v) is 0.101. The van der Waals surface area contributed by atoms with E-state index in [1.165, 1.54) is 6.08 Å². The fraction of sp³-hybridized carbons (Fsp3) is 0.250. The molecule has 0 aliphatic carbocycles. The summed E-state index contributed by atoms with van der Waals surface area (Å²) in [5.41, 5.74) is 0. The van der Waals surface area contributed by atoms with E-state index < -0.39 is 11.2 Å². The van der Waals surface area contributed by atoms with E-state index in [4.69, 9.17) is 5.11 Å². The maximum atomic E-state index is 9.78. The third-order valence-corrected chi connectivity index (χ3v) is 0.908. The van der Waals surface area contributed by atoms with Gasteiger partial charge in [0.15, 0.2) is 0 Å². The van der Waals surface area contributed by atoms with Crippen LogP contribution in [-0.4, -0.2) is 16.3 Å². The van der Waals surface area contributed by atoms with Gasteiger partial charge in [-0.05, 0) is 0 Å². The molecule has 3 heteroatoms. The number of carboxylic acid groups (broad SMARTS) is 1. The molecule has 0 spiro atoms. The van der Waals surface area contributed by atoms with Crippen LogP contribution in [0.5, 0.6) is 0 Å². The number of aliphatic carboxylic acids is 1. The topological polar surface area (TPSA) is 37.3 Å². The summed E-state index contributed by atoms with van der Waals surface area (Å²) in [5.74, 6) is -0.960. The van der Waals surface area contributed by atoms with Gasteiger partial charge in [-0.1, -0.05) is 6.08 Å². The molecule has 1 N–H and O–H groups in total. The van der Waals surface area contributed by atoms with Gasteiger partial charge in [0, 0.05) is 0 Å². The average Bonchev–Trinajstić information content (AvgIpc) is 1.65. The molecule has 0 aromatic carbocycles. The molecule has 0 aromatic rings. The fourth-order valence-electron chi connectivity index (χ4n) is 0.101. The van der Waals surface area contributed by atoms with Crippen molar-refractivity contribution in [3.63, 3.8) is 0 Å². The molecule has 0 aromatic heterocycles. The maximum Gasteiger partial charge on any atom is 0.320 e. The molecular weight excluding hydrogens is 112 g/mol. The molecule has 0 amide bonds. The molecule has 1 unspecified atom stereocenters. The molecule has 1 atom stereocenters. The van der Waals surface area contributed by atoms with Crippen molar-refractivity contribution in [1.29, 1.82) is 0 Å². The minimum Gasteiger partial charge on any atom is -0.480 e. The highest BCUT2D eigenvalue weighted by atomic mass is 32.1. The minimum atomic E-state index is -0.960. The van der Waals surface area contributed by atoms with Crippen molar-refractivity contribution in [2.45, 2.75) is 5.25 Å². The Labute approximate surface area is 47.3 Å². The number of hydrogen-bond acceptors (Lipinski definition) is 2. The van der Waals surface area contributed by atoms with Crippen LogP contribution in [-0.2, 0) is 4.79 Å². The van der Waals surface area contributed by atoms with E-state index in [0.717, 1.165) is 0 Å². The van der Waals surface area contributed by atoms with Crippen LogP contribution in [0, 0.1) is 0 Å². The van der Waals surface area contributed by atoms with E-state index in [-0.39, 0.29) is 0 Å². The Bertz CT molecular complexity index is 89.7. The second-order valence-corrected chi connectivity index (χ2v) is 1.58. The summed E-state index contributed by atoms with van der Waals surface area (Å²) in [5, 5.41) is 7.31. The summed E-state index contributed by atoms with van der Waals surface area (Å²) in [6.45, 7) is 3.22. The van der Waals surface area contributed by atoms with Crippen LogP contribution in [0.25, 0.3) is 0 Å². The van der Waals surface area contributed by atoms with E-state index in [1.807, 2.05) is 0 Å². The zero-order chi connectivity index (χ0) is 5.86. The lowest BCUT2D eigenvalue weighted by atomic mass is 10.4. The predicted octanol–water partition coefficient (Wildman–Crippen LogP) is 0.555. The zero-order valence-electron chi connectivity index (χ0n) is 3.66. The predicted molar refractivity (Wildman–Crippen MR) is 30.6 cm³/mol. The number of hydrogen-bond donors (Lipinski definition) is 2. The summed E-state index contributed by atoms with van der Waals surface area (Å²) in [6, 6.07) is 0. The van der Waals surface area contributed by atoms with Crippen molar-refractivity contribution in [2.75, 3.05) is 0 Å². The van der Waals surface area contributed by atoms with Gasteiger partial charge in [-0.3, -0.25) is 4.79 Å². The monoisotopic (exact) mass is 118 g/mol. The molecule has 0 rings (SSSR count). The Morgan fingerprint density at radius 2 is 2.43 bits per heavy atom. The molecule has 0 fully saturated rings. The summed E-state index contributed by atoms with van der Waals surface area (Å²) in [6.07, 6.45) is 1.26. The molecule has 0 saturated heterocycles. The van der Waals surface area contributed by atoms with E-state index >= 15 is 0 Å². The van der Waals surface area contributed by atoms with Crippen LogP contribution >= 0.6 is 12.6 Å². The largest absolute Gasteiger partial charge is 0.480 e. The highest BCUT2D eigenvalue weighted by molar-refractivity contribution is 7.82. The van der Waals surface area contributed by atoms with Gasteiger partial charge >= 0.3 is 5.97 Å². The van der Waals surface area contributed by atoms with Gasteiger partial charge in [0.05, 0.1) is 0 Å². The lowest BCUT2D eigenvalue weighted by Gasteiger charge is -1.91. The molecule has 0 aliphatic heterocycles. The molecule has 2 nitrogen and oxygen atoms in total. The first-order chi connectivity index (χ1) is 3.18. The van der Waals surface area contributed by atoms with E-state index in [2.05, 4.69) is 19.2 Å². The second kappa shape index (κ2) is 2.69. The number of rotatable bonds is 2. The quantitative estimate of drug-likeness (QED) is 0.410. The van der Waals surface area contributed by atoms with Crippen LogP contribution < -0.4 is 0 Å². The van der Waals surface area contributed by atoms with Crippen molar-refractivity contribution >= 4 is 18.6 Å². The Morgan fingerprint density at radius 3 is 2.43 bits per heavy atom. The third-order valence-electron chi connectivity index (χ3n) is 0.476. The van der Waals surface area contributed by atoms with E-state index in [9.17, 15) is 4.79 Å². The molecule has 0 heterocycles. The van der Waals surface area contributed by atoms with Crippen molar-refractivity contribution < 1.29 is 9.90 Å². The first-order valence-corrected chi connectivity index (χ1v) is 2.23. The van der Waals surface area contributed by atoms with Gasteiger partial charge in [-0.25, -0.2) is 0 Å². The first kappa shape index (κ1) is 6.56. The Hall–Kier alpha value is -0.440. The Morgan fingerprint density at radius 1 is 2.00 bits per heavy atom. The summed E-state index contributed by atoms with van der Waals surface area (Å²) < 4.78 is 0.